The fourth-order valence-corrected chi connectivity index (χ4v) is 0.761. The molecule has 1 N–H and O–H groups in total. The number of aliphatic hydroxyl groups is 1. The van der Waals surface area contributed by atoms with Crippen molar-refractivity contribution in [2.24, 2.45) is 0 Å². The van der Waals surface area contributed by atoms with Crippen LogP contribution in [0.1, 0.15) is 0 Å². The van der Waals surface area contributed by atoms with Gasteiger partial charge in [0.1, 0.15) is 0 Å². The molecule has 0 aromatic heterocycles. The van der Waals surface area contributed by atoms with Crippen molar-refractivity contribution in [3.05, 3.63) is 0 Å². The summed E-state index contributed by atoms with van der Waals surface area (Å²) in [7, 11) is 0. The molecule has 0 heterocycles. The summed E-state index contributed by atoms with van der Waals surface area (Å²) in [6.45, 7) is -6.00. The lowest BCUT2D eigenvalue weighted by Gasteiger charge is -2.35. The van der Waals surface area contributed by atoms with E-state index in [2.05, 4.69) is 4.74 Å². The highest BCUT2D eigenvalue weighted by molar-refractivity contribution is 5.00. The Kier molecular flexibility index (Phi) is 4.91. The topological polar surface area (TPSA) is 29.5 Å². The van der Waals surface area contributed by atoms with Gasteiger partial charge in [0.15, 0.2) is 6.67 Å². The van der Waals surface area contributed by atoms with Crippen LogP contribution in [0.5, 0.6) is 0 Å². The van der Waals surface area contributed by atoms with Crippen LogP contribution in [-0.2, 0) is 4.74 Å². The first kappa shape index (κ1) is 17.3. The minimum absolute atomic E-state index is 1.24. The summed E-state index contributed by atoms with van der Waals surface area (Å²) in [4.78, 5) is 0. The molecule has 0 saturated heterocycles. The fourth-order valence-electron chi connectivity index (χ4n) is 0.761. The summed E-state index contributed by atoms with van der Waals surface area (Å²) < 4.78 is 114. The van der Waals surface area contributed by atoms with Crippen LogP contribution in [0.3, 0.4) is 0 Å². The van der Waals surface area contributed by atoms with Gasteiger partial charge in [-0.1, -0.05) is 0 Å². The second kappa shape index (κ2) is 5.11. The standard InChI is InChI=1S/C7H7F9O2/c8-3-4(9,10)5(11,12)6(13,14)7(15,16)18-2-1-17/h17H,1-3H2. The van der Waals surface area contributed by atoms with Gasteiger partial charge >= 0.3 is 23.9 Å². The molecule has 0 rings (SSSR count). The monoisotopic (exact) mass is 294 g/mol. The van der Waals surface area contributed by atoms with Crippen molar-refractivity contribution in [3.8, 4) is 0 Å². The molecular weight excluding hydrogens is 287 g/mol. The zero-order valence-corrected chi connectivity index (χ0v) is 8.38. The Hall–Kier alpha value is -0.710. The lowest BCUT2D eigenvalue weighted by molar-refractivity contribution is -0.428. The molecule has 0 aliphatic rings. The average Bonchev–Trinajstić information content (AvgIpc) is 2.25. The molecule has 110 valence electrons. The molecule has 2 nitrogen and oxygen atoms in total. The molecule has 0 amide bonds. The smallest absolute Gasteiger partial charge is 0.394 e. The van der Waals surface area contributed by atoms with Crippen LogP contribution in [-0.4, -0.2) is 48.9 Å². The van der Waals surface area contributed by atoms with E-state index in [4.69, 9.17) is 5.11 Å². The summed E-state index contributed by atoms with van der Waals surface area (Å²) in [5.74, 6) is -19.3. The predicted octanol–water partition coefficient (Wildman–Crippen LogP) is 2.46. The van der Waals surface area contributed by atoms with Crippen LogP contribution in [0.4, 0.5) is 39.5 Å². The minimum atomic E-state index is -6.67. The van der Waals surface area contributed by atoms with E-state index in [0.717, 1.165) is 0 Å². The highest BCUT2D eigenvalue weighted by Crippen LogP contribution is 2.52. The quantitative estimate of drug-likeness (QED) is 0.731. The van der Waals surface area contributed by atoms with E-state index < -0.39 is 43.8 Å². The minimum Gasteiger partial charge on any atom is -0.394 e. The van der Waals surface area contributed by atoms with Gasteiger partial charge in [0, 0.05) is 0 Å². The lowest BCUT2D eigenvalue weighted by atomic mass is 10.0. The first-order chi connectivity index (χ1) is 7.87. The van der Waals surface area contributed by atoms with E-state index in [1.54, 1.807) is 0 Å². The van der Waals surface area contributed by atoms with Gasteiger partial charge in [-0.3, -0.25) is 0 Å². The summed E-state index contributed by atoms with van der Waals surface area (Å²) in [6.07, 6.45) is -6.00. The highest BCUT2D eigenvalue weighted by atomic mass is 19.4. The fraction of sp³-hybridized carbons (Fsp3) is 1.00. The van der Waals surface area contributed by atoms with E-state index in [-0.39, 0.29) is 0 Å². The zero-order valence-electron chi connectivity index (χ0n) is 8.38. The van der Waals surface area contributed by atoms with E-state index in [1.807, 2.05) is 0 Å². The van der Waals surface area contributed by atoms with Gasteiger partial charge in [-0.25, -0.2) is 4.39 Å². The molecule has 0 unspecified atom stereocenters. The Labute approximate surface area is 94.3 Å². The number of hydrogen-bond donors (Lipinski definition) is 1. The third-order valence-corrected chi connectivity index (χ3v) is 1.76. The first-order valence-corrected chi connectivity index (χ1v) is 4.19. The van der Waals surface area contributed by atoms with Gasteiger partial charge in [-0.2, -0.15) is 35.1 Å². The lowest BCUT2D eigenvalue weighted by Crippen LogP contribution is -2.63. The molecular formula is C7H7F9O2. The Morgan fingerprint density at radius 3 is 1.61 bits per heavy atom. The van der Waals surface area contributed by atoms with Gasteiger partial charge in [-0.05, 0) is 0 Å². The molecule has 0 spiro atoms. The van der Waals surface area contributed by atoms with E-state index in [0.29, 0.717) is 0 Å². The Morgan fingerprint density at radius 2 is 1.28 bits per heavy atom. The van der Waals surface area contributed by atoms with Crippen LogP contribution >= 0.6 is 0 Å². The molecule has 11 heteroatoms. The third-order valence-electron chi connectivity index (χ3n) is 1.76. The van der Waals surface area contributed by atoms with Gasteiger partial charge in [0.2, 0.25) is 0 Å². The van der Waals surface area contributed by atoms with Gasteiger partial charge in [0.25, 0.3) is 0 Å². The van der Waals surface area contributed by atoms with Crippen LogP contribution < -0.4 is 0 Å². The van der Waals surface area contributed by atoms with Crippen molar-refractivity contribution >= 4 is 0 Å². The molecule has 0 radical (unpaired) electrons. The second-order valence-electron chi connectivity index (χ2n) is 3.08. The molecule has 0 bridgehead atoms. The van der Waals surface area contributed by atoms with E-state index in [9.17, 15) is 39.5 Å². The highest BCUT2D eigenvalue weighted by Gasteiger charge is 2.81. The number of rotatable bonds is 7. The number of halogens is 9. The summed E-state index contributed by atoms with van der Waals surface area (Å²) in [5.41, 5.74) is 0. The number of hydrogen-bond acceptors (Lipinski definition) is 2. The van der Waals surface area contributed by atoms with Crippen LogP contribution in [0.15, 0.2) is 0 Å². The largest absolute Gasteiger partial charge is 0.426 e. The molecule has 0 aromatic carbocycles. The first-order valence-electron chi connectivity index (χ1n) is 4.19. The Balaban J connectivity index is 5.35. The van der Waals surface area contributed by atoms with Crippen LogP contribution in [0, 0.1) is 0 Å². The van der Waals surface area contributed by atoms with Gasteiger partial charge in [-0.15, -0.1) is 0 Å². The van der Waals surface area contributed by atoms with Crippen molar-refractivity contribution in [2.75, 3.05) is 19.9 Å². The summed E-state index contributed by atoms with van der Waals surface area (Å²) in [6, 6.07) is 0. The molecule has 18 heavy (non-hydrogen) atoms. The van der Waals surface area contributed by atoms with Crippen molar-refractivity contribution in [2.45, 2.75) is 23.9 Å². The Morgan fingerprint density at radius 1 is 0.833 bits per heavy atom. The zero-order chi connectivity index (χ0) is 14.8. The van der Waals surface area contributed by atoms with Crippen LogP contribution in [0.2, 0.25) is 0 Å². The molecule has 0 aliphatic heterocycles. The third kappa shape index (κ3) is 2.66. The normalized spacial score (nSPS) is 15.0. The number of aliphatic hydroxyl groups excluding tert-OH is 1. The number of alkyl halides is 9. The van der Waals surface area contributed by atoms with Crippen molar-refractivity contribution in [1.82, 2.24) is 0 Å². The van der Waals surface area contributed by atoms with Gasteiger partial charge < -0.3 is 9.84 Å². The summed E-state index contributed by atoms with van der Waals surface area (Å²) >= 11 is 0. The molecule has 0 fully saturated rings. The SMILES string of the molecule is OCCOC(F)(F)C(F)(F)C(F)(F)C(F)(F)CF. The number of ether oxygens (including phenoxy) is 1. The average molecular weight is 294 g/mol. The molecule has 0 aromatic rings. The van der Waals surface area contributed by atoms with Crippen molar-refractivity contribution < 1.29 is 49.4 Å². The Bertz CT molecular complexity index is 278. The maximum Gasteiger partial charge on any atom is 0.426 e. The second-order valence-corrected chi connectivity index (χ2v) is 3.08. The van der Waals surface area contributed by atoms with Gasteiger partial charge in [0.05, 0.1) is 13.2 Å². The van der Waals surface area contributed by atoms with E-state index in [1.165, 1.54) is 0 Å². The maximum absolute atomic E-state index is 12.6. The maximum atomic E-state index is 12.6. The van der Waals surface area contributed by atoms with E-state index >= 15 is 0 Å². The predicted molar refractivity (Wildman–Crippen MR) is 38.8 cm³/mol. The van der Waals surface area contributed by atoms with Crippen molar-refractivity contribution in [3.63, 3.8) is 0 Å². The molecule has 0 aliphatic carbocycles. The molecule has 0 saturated carbocycles. The van der Waals surface area contributed by atoms with Crippen molar-refractivity contribution in [1.29, 1.82) is 0 Å². The summed E-state index contributed by atoms with van der Waals surface area (Å²) in [5, 5.41) is 8.01. The van der Waals surface area contributed by atoms with Crippen LogP contribution in [0.25, 0.3) is 0 Å². The molecule has 0 atom stereocenters.